The fourth-order valence-electron chi connectivity index (χ4n) is 0.412. The van der Waals surface area contributed by atoms with Gasteiger partial charge in [0, 0.05) is 6.42 Å². The monoisotopic (exact) mass is 206 g/mol. The molecule has 52 valence electrons. The zero-order valence-corrected chi connectivity index (χ0v) is 5.35. The van der Waals surface area contributed by atoms with Crippen LogP contribution >= 0.6 is 0 Å². The van der Waals surface area contributed by atoms with Crippen molar-refractivity contribution in [3.63, 3.8) is 0 Å². The summed E-state index contributed by atoms with van der Waals surface area (Å²) in [6, 6.07) is 0. The summed E-state index contributed by atoms with van der Waals surface area (Å²) in [4.78, 5) is 9.90. The molecule has 0 fully saturated rings. The van der Waals surface area contributed by atoms with Gasteiger partial charge < -0.3 is 5.11 Å². The third-order valence-electron chi connectivity index (χ3n) is 0.936. The Balaban J connectivity index is 0. The first-order valence-corrected chi connectivity index (χ1v) is 2.84. The van der Waals surface area contributed by atoms with Gasteiger partial charge in [0.05, 0.1) is 0 Å². The summed E-state index contributed by atoms with van der Waals surface area (Å²) in [5.41, 5.74) is 0. The molecule has 0 saturated heterocycles. The van der Waals surface area contributed by atoms with Gasteiger partial charge in [-0.2, -0.15) is 0 Å². The van der Waals surface area contributed by atoms with Crippen molar-refractivity contribution in [1.29, 1.82) is 0 Å². The van der Waals surface area contributed by atoms with E-state index < -0.39 is 5.97 Å². The summed E-state index contributed by atoms with van der Waals surface area (Å²) in [5.74, 6) is -0.190. The third-order valence-corrected chi connectivity index (χ3v) is 0.936. The molecule has 0 rings (SSSR count). The van der Waals surface area contributed by atoms with Crippen LogP contribution in [0.2, 0.25) is 0 Å². The number of aliphatic carboxylic acids is 1. The van der Waals surface area contributed by atoms with Crippen molar-refractivity contribution in [2.45, 2.75) is 26.7 Å². The average Bonchev–Trinajstić information content (AvgIpc) is 1.61. The SMILES string of the molecule is CC(C)CCC(=O)O.[SrH2]. The first kappa shape index (κ1) is 12.6. The molecule has 0 amide bonds. The van der Waals surface area contributed by atoms with Crippen LogP contribution in [0.5, 0.6) is 0 Å². The van der Waals surface area contributed by atoms with Crippen LogP contribution in [-0.2, 0) is 4.79 Å². The number of hydrogen-bond acceptors (Lipinski definition) is 1. The second-order valence-electron chi connectivity index (χ2n) is 2.33. The van der Waals surface area contributed by atoms with Gasteiger partial charge in [0.25, 0.3) is 0 Å². The van der Waals surface area contributed by atoms with Gasteiger partial charge in [-0.05, 0) is 12.3 Å². The maximum atomic E-state index is 9.90. The van der Waals surface area contributed by atoms with Crippen molar-refractivity contribution in [2.24, 2.45) is 5.92 Å². The second-order valence-corrected chi connectivity index (χ2v) is 2.33. The van der Waals surface area contributed by atoms with Crippen LogP contribution in [0.3, 0.4) is 0 Å². The second kappa shape index (κ2) is 7.06. The molecule has 2 nitrogen and oxygen atoms in total. The Hall–Kier alpha value is 0.951. The molecule has 0 aliphatic rings. The first-order chi connectivity index (χ1) is 3.63. The molecule has 0 aromatic carbocycles. The summed E-state index contributed by atoms with van der Waals surface area (Å²) < 4.78 is 0. The number of carbonyl (C=O) groups is 1. The van der Waals surface area contributed by atoms with Gasteiger partial charge in [-0.1, -0.05) is 13.8 Å². The van der Waals surface area contributed by atoms with Crippen molar-refractivity contribution < 1.29 is 9.90 Å². The Kier molecular flexibility index (Phi) is 9.90. The molecule has 0 bridgehead atoms. The minimum absolute atomic E-state index is 0. The standard InChI is InChI=1S/C6H12O2.Sr.2H/c1-5(2)3-4-6(7)8;;;/h5H,3-4H2,1-2H3,(H,7,8);;;. The van der Waals surface area contributed by atoms with Crippen LogP contribution < -0.4 is 0 Å². The molecule has 0 saturated carbocycles. The maximum absolute atomic E-state index is 9.90. The molecule has 0 atom stereocenters. The van der Waals surface area contributed by atoms with Crippen molar-refractivity contribution in [3.05, 3.63) is 0 Å². The Morgan fingerprint density at radius 2 is 2.00 bits per heavy atom. The van der Waals surface area contributed by atoms with Crippen LogP contribution in [0.1, 0.15) is 26.7 Å². The van der Waals surface area contributed by atoms with E-state index in [1.165, 1.54) is 0 Å². The molecule has 0 spiro atoms. The van der Waals surface area contributed by atoms with E-state index in [1.807, 2.05) is 13.8 Å². The average molecular weight is 206 g/mol. The van der Waals surface area contributed by atoms with Gasteiger partial charge in [-0.25, -0.2) is 0 Å². The molecular formula is C6H14O2Sr. The predicted octanol–water partition coefficient (Wildman–Crippen LogP) is 0.591. The molecular weight excluding hydrogens is 192 g/mol. The summed E-state index contributed by atoms with van der Waals surface area (Å²) in [6.07, 6.45) is 1.09. The van der Waals surface area contributed by atoms with E-state index in [0.717, 1.165) is 6.42 Å². The van der Waals surface area contributed by atoms with E-state index in [1.54, 1.807) is 0 Å². The predicted molar refractivity (Wildman–Crippen MR) is 40.3 cm³/mol. The number of hydrogen-bond donors (Lipinski definition) is 1. The summed E-state index contributed by atoms with van der Waals surface area (Å²) >= 11 is 0. The normalized spacial score (nSPS) is 8.78. The van der Waals surface area contributed by atoms with Crippen LogP contribution in [0.15, 0.2) is 0 Å². The molecule has 0 aromatic rings. The zero-order valence-electron chi connectivity index (χ0n) is 5.35. The van der Waals surface area contributed by atoms with Gasteiger partial charge in [-0.15, -0.1) is 0 Å². The molecule has 9 heavy (non-hydrogen) atoms. The Morgan fingerprint density at radius 3 is 2.11 bits per heavy atom. The van der Waals surface area contributed by atoms with Crippen molar-refractivity contribution in [3.8, 4) is 0 Å². The van der Waals surface area contributed by atoms with E-state index in [4.69, 9.17) is 5.11 Å². The minimum atomic E-state index is -0.696. The Labute approximate surface area is 92.9 Å². The zero-order chi connectivity index (χ0) is 6.57. The van der Waals surface area contributed by atoms with E-state index in [2.05, 4.69) is 0 Å². The van der Waals surface area contributed by atoms with Gasteiger partial charge in [0.15, 0.2) is 0 Å². The first-order valence-electron chi connectivity index (χ1n) is 2.84. The number of carboxylic acids is 1. The van der Waals surface area contributed by atoms with Crippen molar-refractivity contribution >= 4 is 51.5 Å². The molecule has 3 heteroatoms. The van der Waals surface area contributed by atoms with Crippen molar-refractivity contribution in [2.75, 3.05) is 0 Å². The summed E-state index contributed by atoms with van der Waals surface area (Å²) in [6.45, 7) is 4.03. The van der Waals surface area contributed by atoms with E-state index in [9.17, 15) is 4.79 Å². The van der Waals surface area contributed by atoms with Crippen molar-refractivity contribution in [1.82, 2.24) is 0 Å². The third kappa shape index (κ3) is 12.2. The molecule has 0 unspecified atom stereocenters. The van der Waals surface area contributed by atoms with Crippen LogP contribution in [0.25, 0.3) is 0 Å². The number of carboxylic acid groups (broad SMARTS) is 1. The molecule has 1 N–H and O–H groups in total. The molecule has 0 radical (unpaired) electrons. The van der Waals surface area contributed by atoms with Crippen LogP contribution in [-0.4, -0.2) is 56.6 Å². The molecule has 0 heterocycles. The van der Waals surface area contributed by atoms with Crippen LogP contribution in [0, 0.1) is 5.92 Å². The van der Waals surface area contributed by atoms with Crippen LogP contribution in [0.4, 0.5) is 0 Å². The van der Waals surface area contributed by atoms with Gasteiger partial charge >= 0.3 is 51.5 Å². The van der Waals surface area contributed by atoms with Gasteiger partial charge in [0.2, 0.25) is 0 Å². The fourth-order valence-corrected chi connectivity index (χ4v) is 0.412. The molecule has 0 aromatic heterocycles. The van der Waals surface area contributed by atoms with E-state index >= 15 is 0 Å². The van der Waals surface area contributed by atoms with E-state index in [-0.39, 0.29) is 45.5 Å². The fraction of sp³-hybridized carbons (Fsp3) is 0.833. The van der Waals surface area contributed by atoms with Gasteiger partial charge in [-0.3, -0.25) is 4.79 Å². The summed E-state index contributed by atoms with van der Waals surface area (Å²) in [7, 11) is 0. The quantitative estimate of drug-likeness (QED) is 0.686. The van der Waals surface area contributed by atoms with Gasteiger partial charge in [0.1, 0.15) is 0 Å². The molecule has 0 aliphatic carbocycles. The summed E-state index contributed by atoms with van der Waals surface area (Å²) in [5, 5.41) is 8.16. The van der Waals surface area contributed by atoms with E-state index in [0.29, 0.717) is 12.3 Å². The topological polar surface area (TPSA) is 37.3 Å². The Bertz CT molecular complexity index is 81.1. The number of rotatable bonds is 3. The Morgan fingerprint density at radius 1 is 1.56 bits per heavy atom. The molecule has 0 aliphatic heterocycles.